The molecule has 0 bridgehead atoms. The highest BCUT2D eigenvalue weighted by molar-refractivity contribution is 5.60. The molecule has 22 heavy (non-hydrogen) atoms. The Morgan fingerprint density at radius 2 is 1.23 bits per heavy atom. The zero-order valence-corrected chi connectivity index (χ0v) is 11.7. The van der Waals surface area contributed by atoms with E-state index in [0.717, 1.165) is 0 Å². The lowest BCUT2D eigenvalue weighted by atomic mass is 10.1. The van der Waals surface area contributed by atoms with Gasteiger partial charge in [0.1, 0.15) is 13.2 Å². The lowest BCUT2D eigenvalue weighted by Crippen LogP contribution is -2.08. The van der Waals surface area contributed by atoms with Gasteiger partial charge in [-0.25, -0.2) is 4.79 Å². The van der Waals surface area contributed by atoms with Crippen molar-refractivity contribution in [3.63, 3.8) is 0 Å². The van der Waals surface area contributed by atoms with Gasteiger partial charge in [-0.2, -0.15) is 10.5 Å². The Hall–Kier alpha value is -3.31. The smallest absolute Gasteiger partial charge is 0.429 e. The van der Waals surface area contributed by atoms with Crippen molar-refractivity contribution in [2.45, 2.75) is 13.2 Å². The molecular formula is C17H12N2O3. The van der Waals surface area contributed by atoms with Crippen LogP contribution in [0, 0.1) is 22.7 Å². The van der Waals surface area contributed by atoms with Crippen molar-refractivity contribution in [2.75, 3.05) is 0 Å². The van der Waals surface area contributed by atoms with E-state index in [4.69, 9.17) is 20.0 Å². The summed E-state index contributed by atoms with van der Waals surface area (Å²) in [5.41, 5.74) is 2.12. The molecule has 0 N–H and O–H groups in total. The van der Waals surface area contributed by atoms with Gasteiger partial charge in [0.2, 0.25) is 0 Å². The van der Waals surface area contributed by atoms with Crippen LogP contribution in [0.2, 0.25) is 0 Å². The molecule has 0 heterocycles. The molecule has 0 amide bonds. The molecular weight excluding hydrogens is 280 g/mol. The number of carbonyl (C=O) groups is 1. The highest BCUT2D eigenvalue weighted by atomic mass is 16.7. The van der Waals surface area contributed by atoms with E-state index >= 15 is 0 Å². The molecule has 0 saturated heterocycles. The largest absolute Gasteiger partial charge is 0.508 e. The van der Waals surface area contributed by atoms with Crippen molar-refractivity contribution in [2.24, 2.45) is 0 Å². The number of benzene rings is 2. The summed E-state index contributed by atoms with van der Waals surface area (Å²) >= 11 is 0. The summed E-state index contributed by atoms with van der Waals surface area (Å²) in [4.78, 5) is 11.6. The average molecular weight is 292 g/mol. The molecule has 5 nitrogen and oxygen atoms in total. The van der Waals surface area contributed by atoms with Crippen LogP contribution in [-0.2, 0) is 22.7 Å². The summed E-state index contributed by atoms with van der Waals surface area (Å²) in [5.74, 6) is 0. The molecule has 0 aromatic heterocycles. The third-order valence-electron chi connectivity index (χ3n) is 2.97. The molecule has 0 spiro atoms. The number of nitrogens with zero attached hydrogens (tertiary/aromatic N) is 2. The summed E-state index contributed by atoms with van der Waals surface area (Å²) in [6.45, 7) is -0.0784. The van der Waals surface area contributed by atoms with Crippen molar-refractivity contribution in [3.8, 4) is 12.1 Å². The lowest BCUT2D eigenvalue weighted by molar-refractivity contribution is 0.0445. The molecule has 0 saturated carbocycles. The fourth-order valence-electron chi connectivity index (χ4n) is 1.83. The molecule has 108 valence electrons. The van der Waals surface area contributed by atoms with Crippen LogP contribution >= 0.6 is 0 Å². The maximum absolute atomic E-state index is 11.6. The summed E-state index contributed by atoms with van der Waals surface area (Å²) in [6.07, 6.45) is -0.847. The topological polar surface area (TPSA) is 83.1 Å². The Morgan fingerprint density at radius 1 is 0.818 bits per heavy atom. The number of hydrogen-bond acceptors (Lipinski definition) is 5. The Morgan fingerprint density at radius 3 is 1.64 bits per heavy atom. The van der Waals surface area contributed by atoms with Crippen molar-refractivity contribution in [1.29, 1.82) is 10.5 Å². The molecule has 0 aliphatic carbocycles. The van der Waals surface area contributed by atoms with E-state index in [0.29, 0.717) is 22.3 Å². The van der Waals surface area contributed by atoms with Crippen LogP contribution in [0.3, 0.4) is 0 Å². The van der Waals surface area contributed by atoms with Gasteiger partial charge in [0.05, 0.1) is 23.3 Å². The van der Waals surface area contributed by atoms with Crippen LogP contribution in [0.1, 0.15) is 22.3 Å². The third kappa shape index (κ3) is 3.84. The van der Waals surface area contributed by atoms with Gasteiger partial charge in [0.15, 0.2) is 0 Å². The quantitative estimate of drug-likeness (QED) is 0.807. The average Bonchev–Trinajstić information content (AvgIpc) is 2.58. The zero-order chi connectivity index (χ0) is 15.8. The van der Waals surface area contributed by atoms with E-state index in [1.54, 1.807) is 48.5 Å². The molecule has 0 unspecified atom stereocenters. The number of carbonyl (C=O) groups excluding carboxylic acids is 1. The fraction of sp³-hybridized carbons (Fsp3) is 0.118. The number of nitriles is 2. The lowest BCUT2D eigenvalue weighted by Gasteiger charge is -2.08. The van der Waals surface area contributed by atoms with Gasteiger partial charge in [-0.1, -0.05) is 36.4 Å². The summed E-state index contributed by atoms with van der Waals surface area (Å²) < 4.78 is 9.94. The van der Waals surface area contributed by atoms with Gasteiger partial charge in [-0.15, -0.1) is 0 Å². The number of ether oxygens (including phenoxy) is 2. The fourth-order valence-corrected chi connectivity index (χ4v) is 1.83. The van der Waals surface area contributed by atoms with Gasteiger partial charge >= 0.3 is 6.16 Å². The number of hydrogen-bond donors (Lipinski definition) is 0. The van der Waals surface area contributed by atoms with Crippen LogP contribution < -0.4 is 0 Å². The van der Waals surface area contributed by atoms with Crippen molar-refractivity contribution < 1.29 is 14.3 Å². The number of rotatable bonds is 4. The standard InChI is InChI=1S/C17H12N2O3/c18-9-13-5-1-3-7-15(13)11-21-17(20)22-12-16-8-4-2-6-14(16)10-19/h1-8H,11-12H2. The van der Waals surface area contributed by atoms with Crippen molar-refractivity contribution in [1.82, 2.24) is 0 Å². The molecule has 2 rings (SSSR count). The Bertz CT molecular complexity index is 693. The first-order valence-corrected chi connectivity index (χ1v) is 6.50. The van der Waals surface area contributed by atoms with Crippen LogP contribution in [0.5, 0.6) is 0 Å². The van der Waals surface area contributed by atoms with E-state index in [1.165, 1.54) is 0 Å². The first kappa shape index (κ1) is 15.1. The predicted octanol–water partition coefficient (Wildman–Crippen LogP) is 3.28. The maximum Gasteiger partial charge on any atom is 0.508 e. The van der Waals surface area contributed by atoms with Crippen molar-refractivity contribution >= 4 is 6.16 Å². The van der Waals surface area contributed by atoms with E-state index in [2.05, 4.69) is 0 Å². The SMILES string of the molecule is N#Cc1ccccc1COC(=O)OCc1ccccc1C#N. The van der Waals surface area contributed by atoms with E-state index in [1.807, 2.05) is 12.1 Å². The second-order valence-electron chi connectivity index (χ2n) is 4.37. The monoisotopic (exact) mass is 292 g/mol. The minimum atomic E-state index is -0.847. The first-order chi connectivity index (χ1) is 10.7. The Labute approximate surface area is 127 Å². The minimum absolute atomic E-state index is 0.0392. The molecule has 0 radical (unpaired) electrons. The summed E-state index contributed by atoms with van der Waals surface area (Å²) in [6, 6.07) is 17.7. The molecule has 0 aliphatic rings. The zero-order valence-electron chi connectivity index (χ0n) is 11.7. The Kier molecular flexibility index (Phi) is 5.12. The summed E-state index contributed by atoms with van der Waals surface area (Å²) in [5, 5.41) is 17.9. The normalized spacial score (nSPS) is 9.36. The maximum atomic E-state index is 11.6. The second kappa shape index (κ2) is 7.47. The van der Waals surface area contributed by atoms with Gasteiger partial charge in [-0.05, 0) is 12.1 Å². The van der Waals surface area contributed by atoms with Crippen LogP contribution in [0.4, 0.5) is 4.79 Å². The first-order valence-electron chi connectivity index (χ1n) is 6.50. The van der Waals surface area contributed by atoms with E-state index < -0.39 is 6.16 Å². The summed E-state index contributed by atoms with van der Waals surface area (Å²) in [7, 11) is 0. The Balaban J connectivity index is 1.89. The third-order valence-corrected chi connectivity index (χ3v) is 2.97. The van der Waals surface area contributed by atoms with E-state index in [-0.39, 0.29) is 13.2 Å². The van der Waals surface area contributed by atoms with Gasteiger partial charge in [0.25, 0.3) is 0 Å². The van der Waals surface area contributed by atoms with Gasteiger partial charge in [0, 0.05) is 11.1 Å². The predicted molar refractivity (Wildman–Crippen MR) is 77.3 cm³/mol. The highest BCUT2D eigenvalue weighted by Crippen LogP contribution is 2.11. The van der Waals surface area contributed by atoms with Crippen LogP contribution in [0.25, 0.3) is 0 Å². The van der Waals surface area contributed by atoms with Crippen molar-refractivity contribution in [3.05, 3.63) is 70.8 Å². The molecule has 0 atom stereocenters. The molecule has 5 heteroatoms. The van der Waals surface area contributed by atoms with Gasteiger partial charge < -0.3 is 9.47 Å². The van der Waals surface area contributed by atoms with E-state index in [9.17, 15) is 4.79 Å². The highest BCUT2D eigenvalue weighted by Gasteiger charge is 2.09. The van der Waals surface area contributed by atoms with Gasteiger partial charge in [-0.3, -0.25) is 0 Å². The molecule has 2 aromatic rings. The molecule has 0 fully saturated rings. The molecule has 2 aromatic carbocycles. The molecule has 0 aliphatic heterocycles. The second-order valence-corrected chi connectivity index (χ2v) is 4.37. The van der Waals surface area contributed by atoms with Crippen LogP contribution in [0.15, 0.2) is 48.5 Å². The minimum Gasteiger partial charge on any atom is -0.429 e. The van der Waals surface area contributed by atoms with Crippen LogP contribution in [-0.4, -0.2) is 6.16 Å².